The van der Waals surface area contributed by atoms with Gasteiger partial charge < -0.3 is 24.6 Å². The van der Waals surface area contributed by atoms with E-state index in [9.17, 15) is 9.59 Å². The molecule has 1 aliphatic heterocycles. The molecule has 3 aromatic rings. The number of carbonyl (C=O) groups is 2. The smallest absolute Gasteiger partial charge is 0.344 e. The summed E-state index contributed by atoms with van der Waals surface area (Å²) >= 11 is 0. The largest absolute Gasteiger partial charge is 0.482 e. The SMILES string of the molecule is CCOC(=O)COc1ccc2c(ccn2C(=O)N2CCN(c3ncccc3NC(C)C)CC2)c1. The number of hydrogen-bond donors (Lipinski definition) is 1. The van der Waals surface area contributed by atoms with E-state index in [2.05, 4.69) is 29.0 Å². The molecule has 0 bridgehead atoms. The molecule has 9 nitrogen and oxygen atoms in total. The number of hydrogen-bond acceptors (Lipinski definition) is 7. The van der Waals surface area contributed by atoms with Crippen LogP contribution in [0.5, 0.6) is 5.75 Å². The van der Waals surface area contributed by atoms with E-state index < -0.39 is 5.97 Å². The summed E-state index contributed by atoms with van der Waals surface area (Å²) in [5.74, 6) is 1.07. The minimum Gasteiger partial charge on any atom is -0.482 e. The van der Waals surface area contributed by atoms with Crippen LogP contribution in [0, 0.1) is 0 Å². The Labute approximate surface area is 199 Å². The molecule has 0 radical (unpaired) electrons. The van der Waals surface area contributed by atoms with E-state index in [0.717, 1.165) is 22.4 Å². The molecule has 4 rings (SSSR count). The Hall–Kier alpha value is -3.75. The van der Waals surface area contributed by atoms with E-state index in [1.54, 1.807) is 30.0 Å². The lowest BCUT2D eigenvalue weighted by molar-refractivity contribution is -0.145. The van der Waals surface area contributed by atoms with Crippen LogP contribution < -0.4 is 15.0 Å². The van der Waals surface area contributed by atoms with E-state index in [4.69, 9.17) is 9.47 Å². The Morgan fingerprint density at radius 3 is 2.65 bits per heavy atom. The lowest BCUT2D eigenvalue weighted by Crippen LogP contribution is -2.50. The average molecular weight is 466 g/mol. The number of anilines is 2. The molecular formula is C25H31N5O4. The fourth-order valence-corrected chi connectivity index (χ4v) is 4.06. The number of nitrogens with zero attached hydrogens (tertiary/aromatic N) is 4. The normalized spacial score (nSPS) is 13.9. The van der Waals surface area contributed by atoms with Crippen molar-refractivity contribution in [3.05, 3.63) is 48.8 Å². The van der Waals surface area contributed by atoms with Gasteiger partial charge in [-0.15, -0.1) is 0 Å². The number of amides is 1. The molecule has 0 spiro atoms. The van der Waals surface area contributed by atoms with Crippen molar-refractivity contribution in [1.29, 1.82) is 0 Å². The molecule has 1 saturated heterocycles. The summed E-state index contributed by atoms with van der Waals surface area (Å²) in [6.07, 6.45) is 3.58. The quantitative estimate of drug-likeness (QED) is 0.534. The van der Waals surface area contributed by atoms with Gasteiger partial charge in [-0.05, 0) is 57.2 Å². The van der Waals surface area contributed by atoms with Crippen LogP contribution >= 0.6 is 0 Å². The molecule has 1 amide bonds. The summed E-state index contributed by atoms with van der Waals surface area (Å²) in [5.41, 5.74) is 1.80. The zero-order chi connectivity index (χ0) is 24.1. The third-order valence-corrected chi connectivity index (χ3v) is 5.61. The second kappa shape index (κ2) is 10.5. The second-order valence-corrected chi connectivity index (χ2v) is 8.43. The predicted molar refractivity (Wildman–Crippen MR) is 132 cm³/mol. The molecule has 1 aromatic carbocycles. The molecule has 0 unspecified atom stereocenters. The minimum atomic E-state index is -0.410. The molecule has 0 saturated carbocycles. The Bertz CT molecular complexity index is 1150. The molecule has 1 fully saturated rings. The van der Waals surface area contributed by atoms with E-state index in [1.165, 1.54) is 0 Å². The highest BCUT2D eigenvalue weighted by Gasteiger charge is 2.25. The van der Waals surface area contributed by atoms with Crippen LogP contribution in [-0.4, -0.2) is 71.9 Å². The van der Waals surface area contributed by atoms with Crippen LogP contribution in [0.25, 0.3) is 10.9 Å². The Balaban J connectivity index is 1.40. The van der Waals surface area contributed by atoms with Gasteiger partial charge in [0.1, 0.15) is 5.75 Å². The number of carbonyl (C=O) groups excluding carboxylic acids is 2. The first-order valence-electron chi connectivity index (χ1n) is 11.6. The van der Waals surface area contributed by atoms with Crippen molar-refractivity contribution < 1.29 is 19.1 Å². The minimum absolute atomic E-state index is 0.0589. The first-order chi connectivity index (χ1) is 16.5. The van der Waals surface area contributed by atoms with Crippen LogP contribution in [0.15, 0.2) is 48.8 Å². The van der Waals surface area contributed by atoms with Crippen LogP contribution in [-0.2, 0) is 9.53 Å². The highest BCUT2D eigenvalue weighted by molar-refractivity contribution is 5.92. The molecule has 1 aliphatic rings. The maximum absolute atomic E-state index is 13.3. The van der Waals surface area contributed by atoms with Gasteiger partial charge in [0.25, 0.3) is 0 Å². The molecule has 9 heteroatoms. The molecule has 34 heavy (non-hydrogen) atoms. The zero-order valence-corrected chi connectivity index (χ0v) is 19.9. The molecule has 3 heterocycles. The summed E-state index contributed by atoms with van der Waals surface area (Å²) in [6.45, 7) is 8.76. The summed E-state index contributed by atoms with van der Waals surface area (Å²) in [7, 11) is 0. The fraction of sp³-hybridized carbons (Fsp3) is 0.400. The summed E-state index contributed by atoms with van der Waals surface area (Å²) in [4.78, 5) is 33.4. The van der Waals surface area contributed by atoms with Gasteiger partial charge in [-0.25, -0.2) is 14.6 Å². The number of aromatic nitrogens is 2. The van der Waals surface area contributed by atoms with Crippen molar-refractivity contribution in [2.24, 2.45) is 0 Å². The number of benzene rings is 1. The highest BCUT2D eigenvalue weighted by Crippen LogP contribution is 2.26. The van der Waals surface area contributed by atoms with E-state index in [1.807, 2.05) is 35.2 Å². The molecule has 180 valence electrons. The lowest BCUT2D eigenvalue weighted by Gasteiger charge is -2.36. The standard InChI is InChI=1S/C25H31N5O4/c1-4-33-23(31)17-34-20-7-8-22-19(16-20)9-11-30(22)25(32)29-14-12-28(13-15-29)24-21(27-18(2)3)6-5-10-26-24/h5-11,16,18,27H,4,12-15,17H2,1-3H3. The molecular weight excluding hydrogens is 434 g/mol. The van der Waals surface area contributed by atoms with E-state index in [-0.39, 0.29) is 12.6 Å². The molecule has 0 atom stereocenters. The van der Waals surface area contributed by atoms with Gasteiger partial charge >= 0.3 is 12.0 Å². The fourth-order valence-electron chi connectivity index (χ4n) is 4.06. The van der Waals surface area contributed by atoms with E-state index >= 15 is 0 Å². The van der Waals surface area contributed by atoms with Gasteiger partial charge in [-0.3, -0.25) is 4.57 Å². The summed E-state index contributed by atoms with van der Waals surface area (Å²) < 4.78 is 12.0. The van der Waals surface area contributed by atoms with Gasteiger partial charge in [-0.1, -0.05) is 0 Å². The number of ether oxygens (including phenoxy) is 2. The zero-order valence-electron chi connectivity index (χ0n) is 19.9. The first kappa shape index (κ1) is 23.4. The molecule has 1 N–H and O–H groups in total. The first-order valence-corrected chi connectivity index (χ1v) is 11.6. The number of rotatable bonds is 7. The lowest BCUT2D eigenvalue weighted by atomic mass is 10.2. The van der Waals surface area contributed by atoms with Crippen molar-refractivity contribution in [1.82, 2.24) is 14.5 Å². The van der Waals surface area contributed by atoms with Crippen molar-refractivity contribution in [2.45, 2.75) is 26.8 Å². The van der Waals surface area contributed by atoms with Crippen molar-refractivity contribution >= 4 is 34.4 Å². The Kier molecular flexibility index (Phi) is 7.20. The van der Waals surface area contributed by atoms with Crippen LogP contribution in [0.3, 0.4) is 0 Å². The number of fused-ring (bicyclic) bond motifs is 1. The number of nitrogens with one attached hydrogen (secondary N) is 1. The summed E-state index contributed by atoms with van der Waals surface area (Å²) in [6, 6.07) is 11.5. The van der Waals surface area contributed by atoms with Crippen LogP contribution in [0.1, 0.15) is 20.8 Å². The number of piperazine rings is 1. The van der Waals surface area contributed by atoms with E-state index in [0.29, 0.717) is 44.6 Å². The summed E-state index contributed by atoms with van der Waals surface area (Å²) in [5, 5.41) is 4.32. The van der Waals surface area contributed by atoms with Crippen LogP contribution in [0.4, 0.5) is 16.3 Å². The van der Waals surface area contributed by atoms with Crippen LogP contribution in [0.2, 0.25) is 0 Å². The Morgan fingerprint density at radius 2 is 1.91 bits per heavy atom. The van der Waals surface area contributed by atoms with Gasteiger partial charge in [0.15, 0.2) is 12.4 Å². The maximum atomic E-state index is 13.3. The van der Waals surface area contributed by atoms with Crippen molar-refractivity contribution in [3.63, 3.8) is 0 Å². The van der Waals surface area contributed by atoms with Crippen molar-refractivity contribution in [3.8, 4) is 5.75 Å². The topological polar surface area (TPSA) is 88.9 Å². The maximum Gasteiger partial charge on any atom is 0.344 e. The average Bonchev–Trinajstić information content (AvgIpc) is 3.26. The van der Waals surface area contributed by atoms with Gasteiger partial charge in [0.2, 0.25) is 0 Å². The predicted octanol–water partition coefficient (Wildman–Crippen LogP) is 3.59. The highest BCUT2D eigenvalue weighted by atomic mass is 16.6. The molecule has 0 aliphatic carbocycles. The number of pyridine rings is 1. The third-order valence-electron chi connectivity index (χ3n) is 5.61. The molecule has 2 aromatic heterocycles. The monoisotopic (exact) mass is 465 g/mol. The second-order valence-electron chi connectivity index (χ2n) is 8.43. The van der Waals surface area contributed by atoms with Gasteiger partial charge in [0.05, 0.1) is 17.8 Å². The van der Waals surface area contributed by atoms with Crippen molar-refractivity contribution in [2.75, 3.05) is 49.6 Å². The number of esters is 1. The third kappa shape index (κ3) is 5.24. The Morgan fingerprint density at radius 1 is 1.12 bits per heavy atom. The van der Waals surface area contributed by atoms with Gasteiger partial charge in [-0.2, -0.15) is 0 Å². The van der Waals surface area contributed by atoms with Gasteiger partial charge in [0, 0.05) is 50.0 Å².